The summed E-state index contributed by atoms with van der Waals surface area (Å²) in [6.45, 7) is 8.00. The lowest BCUT2D eigenvalue weighted by Gasteiger charge is -1.96. The summed E-state index contributed by atoms with van der Waals surface area (Å²) in [7, 11) is 0. The van der Waals surface area contributed by atoms with E-state index >= 15 is 0 Å². The highest BCUT2D eigenvalue weighted by Crippen LogP contribution is 2.24. The summed E-state index contributed by atoms with van der Waals surface area (Å²) in [6.07, 6.45) is 0. The number of nitriles is 1. The summed E-state index contributed by atoms with van der Waals surface area (Å²) in [5.41, 5.74) is -0.865. The number of rotatable bonds is 1. The lowest BCUT2D eigenvalue weighted by atomic mass is 10.2. The molecule has 0 bridgehead atoms. The predicted octanol–water partition coefficient (Wildman–Crippen LogP) is 4.31. The van der Waals surface area contributed by atoms with Gasteiger partial charge in [-0.05, 0) is 0 Å². The Bertz CT molecular complexity index is 417. The van der Waals surface area contributed by atoms with Gasteiger partial charge in [-0.3, -0.25) is 10.1 Å². The maximum absolute atomic E-state index is 12.8. The summed E-state index contributed by atoms with van der Waals surface area (Å²) in [5.74, 6) is -1.05. The lowest BCUT2D eigenvalue weighted by Crippen LogP contribution is -1.93. The highest BCUT2D eigenvalue weighted by molar-refractivity contribution is 6.31. The maximum Gasteiger partial charge on any atom is 0.306 e. The van der Waals surface area contributed by atoms with Gasteiger partial charge >= 0.3 is 5.69 Å². The highest BCUT2D eigenvalue weighted by atomic mass is 35.5. The standard InChI is InChI=1S/C7H2ClFN2O2.2C2H6/c8-5-2-6(9)7(11(12)13)1-4(5)3-10;2*1-2/h1-2H;2*1-2H3. The van der Waals surface area contributed by atoms with Gasteiger partial charge < -0.3 is 0 Å². The minimum absolute atomic E-state index is 0.116. The minimum atomic E-state index is -1.05. The molecule has 0 fully saturated rings. The molecule has 0 saturated carbocycles. The SMILES string of the molecule is CC.CC.N#Cc1cc([N+](=O)[O-])c(F)cc1Cl. The van der Waals surface area contributed by atoms with Crippen LogP contribution in [-0.2, 0) is 0 Å². The van der Waals surface area contributed by atoms with Crippen LogP contribution in [0.15, 0.2) is 12.1 Å². The second-order valence-corrected chi connectivity index (χ2v) is 2.56. The van der Waals surface area contributed by atoms with Gasteiger partial charge in [-0.1, -0.05) is 39.3 Å². The van der Waals surface area contributed by atoms with Gasteiger partial charge in [0.25, 0.3) is 0 Å². The normalized spacial score (nSPS) is 7.82. The summed E-state index contributed by atoms with van der Waals surface area (Å²) in [6, 6.07) is 3.17. The van der Waals surface area contributed by atoms with Crippen LogP contribution in [-0.4, -0.2) is 4.92 Å². The fourth-order valence-electron chi connectivity index (χ4n) is 0.763. The van der Waals surface area contributed by atoms with Gasteiger partial charge in [-0.25, -0.2) is 0 Å². The molecular weight excluding hydrogens is 247 g/mol. The number of hydrogen-bond donors (Lipinski definition) is 0. The Morgan fingerprint density at radius 2 is 1.82 bits per heavy atom. The van der Waals surface area contributed by atoms with E-state index in [9.17, 15) is 14.5 Å². The molecule has 1 aromatic carbocycles. The Morgan fingerprint density at radius 3 is 2.18 bits per heavy atom. The van der Waals surface area contributed by atoms with E-state index in [1.165, 1.54) is 0 Å². The topological polar surface area (TPSA) is 66.9 Å². The highest BCUT2D eigenvalue weighted by Gasteiger charge is 2.17. The molecule has 1 aromatic rings. The Hall–Kier alpha value is -1.67. The van der Waals surface area contributed by atoms with Crippen LogP contribution < -0.4 is 0 Å². The van der Waals surface area contributed by atoms with Crippen LogP contribution in [0.3, 0.4) is 0 Å². The van der Waals surface area contributed by atoms with Crippen molar-refractivity contribution >= 4 is 17.3 Å². The van der Waals surface area contributed by atoms with Crippen LogP contribution in [0.1, 0.15) is 33.3 Å². The van der Waals surface area contributed by atoms with E-state index in [1.54, 1.807) is 6.07 Å². The first-order valence-corrected chi connectivity index (χ1v) is 5.47. The molecule has 0 atom stereocenters. The van der Waals surface area contributed by atoms with E-state index in [0.29, 0.717) is 0 Å². The van der Waals surface area contributed by atoms with Gasteiger partial charge in [-0.2, -0.15) is 9.65 Å². The van der Waals surface area contributed by atoms with Crippen molar-refractivity contribution < 1.29 is 9.31 Å². The van der Waals surface area contributed by atoms with Crippen molar-refractivity contribution in [3.8, 4) is 6.07 Å². The van der Waals surface area contributed by atoms with Gasteiger partial charge in [0.15, 0.2) is 0 Å². The first kappa shape index (κ1) is 17.7. The van der Waals surface area contributed by atoms with E-state index in [0.717, 1.165) is 12.1 Å². The van der Waals surface area contributed by atoms with E-state index in [1.807, 2.05) is 27.7 Å². The molecule has 0 heterocycles. The summed E-state index contributed by atoms with van der Waals surface area (Å²) in [4.78, 5) is 9.30. The zero-order valence-electron chi connectivity index (χ0n) is 10.1. The Kier molecular flexibility index (Phi) is 9.95. The predicted molar refractivity (Wildman–Crippen MR) is 65.5 cm³/mol. The molecule has 6 heteroatoms. The van der Waals surface area contributed by atoms with Gasteiger partial charge in [-0.15, -0.1) is 0 Å². The van der Waals surface area contributed by atoms with Crippen LogP contribution >= 0.6 is 11.6 Å². The molecule has 4 nitrogen and oxygen atoms in total. The van der Waals surface area contributed by atoms with Crippen LogP contribution in [0.4, 0.5) is 10.1 Å². The Labute approximate surface area is 105 Å². The Morgan fingerprint density at radius 1 is 1.35 bits per heavy atom. The van der Waals surface area contributed by atoms with Gasteiger partial charge in [0.1, 0.15) is 6.07 Å². The summed E-state index contributed by atoms with van der Waals surface area (Å²) < 4.78 is 12.8. The first-order valence-electron chi connectivity index (χ1n) is 5.10. The average molecular weight is 261 g/mol. The van der Waals surface area contributed by atoms with Crippen molar-refractivity contribution in [2.45, 2.75) is 27.7 Å². The van der Waals surface area contributed by atoms with Crippen molar-refractivity contribution in [3.05, 3.63) is 38.7 Å². The molecule has 0 aromatic heterocycles. The van der Waals surface area contributed by atoms with Crippen LogP contribution in [0.2, 0.25) is 5.02 Å². The third-order valence-corrected chi connectivity index (χ3v) is 1.67. The summed E-state index contributed by atoms with van der Waals surface area (Å²) in [5, 5.41) is 18.5. The second kappa shape index (κ2) is 9.55. The molecular formula is C11H14ClFN2O2. The molecule has 0 amide bonds. The minimum Gasteiger partial charge on any atom is -0.258 e. The van der Waals surface area contributed by atoms with Crippen molar-refractivity contribution in [2.75, 3.05) is 0 Å². The molecule has 0 spiro atoms. The van der Waals surface area contributed by atoms with Crippen LogP contribution in [0.5, 0.6) is 0 Å². The van der Waals surface area contributed by atoms with E-state index < -0.39 is 16.4 Å². The molecule has 0 aliphatic carbocycles. The second-order valence-electron chi connectivity index (χ2n) is 2.15. The number of hydrogen-bond acceptors (Lipinski definition) is 3. The molecule has 94 valence electrons. The average Bonchev–Trinajstić information content (AvgIpc) is 2.34. The third kappa shape index (κ3) is 5.27. The molecule has 0 unspecified atom stereocenters. The molecule has 0 aliphatic heterocycles. The van der Waals surface area contributed by atoms with Crippen molar-refractivity contribution in [2.24, 2.45) is 0 Å². The number of halogens is 2. The van der Waals surface area contributed by atoms with Crippen molar-refractivity contribution in [1.82, 2.24) is 0 Å². The van der Waals surface area contributed by atoms with Gasteiger partial charge in [0.05, 0.1) is 15.5 Å². The maximum atomic E-state index is 12.8. The summed E-state index contributed by atoms with van der Waals surface area (Å²) >= 11 is 5.42. The monoisotopic (exact) mass is 260 g/mol. The third-order valence-electron chi connectivity index (χ3n) is 1.35. The molecule has 17 heavy (non-hydrogen) atoms. The largest absolute Gasteiger partial charge is 0.306 e. The lowest BCUT2D eigenvalue weighted by molar-refractivity contribution is -0.387. The van der Waals surface area contributed by atoms with Gasteiger partial charge in [0.2, 0.25) is 5.82 Å². The molecule has 0 aliphatic rings. The number of nitro benzene ring substituents is 1. The first-order chi connectivity index (χ1) is 8.06. The van der Waals surface area contributed by atoms with E-state index in [-0.39, 0.29) is 10.6 Å². The smallest absolute Gasteiger partial charge is 0.258 e. The zero-order chi connectivity index (χ0) is 14.0. The fourth-order valence-corrected chi connectivity index (χ4v) is 0.956. The van der Waals surface area contributed by atoms with Crippen LogP contribution in [0.25, 0.3) is 0 Å². The fraction of sp³-hybridized carbons (Fsp3) is 0.364. The van der Waals surface area contributed by atoms with E-state index in [4.69, 9.17) is 16.9 Å². The molecule has 0 saturated heterocycles. The quantitative estimate of drug-likeness (QED) is 0.558. The van der Waals surface area contributed by atoms with Crippen molar-refractivity contribution in [1.29, 1.82) is 5.26 Å². The zero-order valence-corrected chi connectivity index (χ0v) is 10.9. The van der Waals surface area contributed by atoms with E-state index in [2.05, 4.69) is 0 Å². The molecule has 1 rings (SSSR count). The molecule has 0 radical (unpaired) electrons. The number of nitrogens with zero attached hydrogens (tertiary/aromatic N) is 2. The molecule has 0 N–H and O–H groups in total. The van der Waals surface area contributed by atoms with Gasteiger partial charge in [0, 0.05) is 12.1 Å². The number of benzene rings is 1. The van der Waals surface area contributed by atoms with Crippen molar-refractivity contribution in [3.63, 3.8) is 0 Å². The Balaban J connectivity index is 0. The van der Waals surface area contributed by atoms with Crippen LogP contribution in [0, 0.1) is 27.3 Å². The number of nitro groups is 1.